The molecular formula is C25H20ClFN2O3. The summed E-state index contributed by atoms with van der Waals surface area (Å²) in [4.78, 5) is 27.9. The summed E-state index contributed by atoms with van der Waals surface area (Å²) >= 11 is 5.91. The molecule has 0 aliphatic carbocycles. The molecule has 0 bridgehead atoms. The molecule has 1 aliphatic heterocycles. The van der Waals surface area contributed by atoms with Gasteiger partial charge in [0.2, 0.25) is 0 Å². The maximum Gasteiger partial charge on any atom is 0.282 e. The number of para-hydroxylation sites is 2. The largest absolute Gasteiger partial charge is 0.492 e. The fourth-order valence-corrected chi connectivity index (χ4v) is 3.65. The number of hydrogen-bond acceptors (Lipinski definition) is 4. The summed E-state index contributed by atoms with van der Waals surface area (Å²) in [6, 6.07) is 18.2. The number of nitrogens with zero attached hydrogens (tertiary/aromatic N) is 1. The summed E-state index contributed by atoms with van der Waals surface area (Å²) in [5, 5.41) is 2.92. The number of nitrogens with one attached hydrogen (secondary N) is 1. The lowest BCUT2D eigenvalue weighted by Crippen LogP contribution is -2.32. The molecule has 3 aromatic rings. The second-order valence-electron chi connectivity index (χ2n) is 7.21. The van der Waals surface area contributed by atoms with Gasteiger partial charge in [0.25, 0.3) is 11.8 Å². The molecule has 5 nitrogen and oxygen atoms in total. The number of hydrogen-bond donors (Lipinski definition) is 1. The summed E-state index contributed by atoms with van der Waals surface area (Å²) in [5.41, 5.74) is 2.65. The normalized spacial score (nSPS) is 13.7. The Morgan fingerprint density at radius 1 is 1.00 bits per heavy atom. The first kappa shape index (κ1) is 21.6. The molecule has 0 fully saturated rings. The van der Waals surface area contributed by atoms with E-state index in [2.05, 4.69) is 5.32 Å². The zero-order valence-corrected chi connectivity index (χ0v) is 18.2. The Morgan fingerprint density at radius 2 is 1.72 bits per heavy atom. The molecule has 0 unspecified atom stereocenters. The van der Waals surface area contributed by atoms with Gasteiger partial charge >= 0.3 is 0 Å². The van der Waals surface area contributed by atoms with Crippen molar-refractivity contribution in [3.63, 3.8) is 0 Å². The van der Waals surface area contributed by atoms with Gasteiger partial charge in [-0.1, -0.05) is 53.6 Å². The van der Waals surface area contributed by atoms with E-state index < -0.39 is 17.6 Å². The van der Waals surface area contributed by atoms with Gasteiger partial charge < -0.3 is 10.1 Å². The first-order valence-corrected chi connectivity index (χ1v) is 10.4. The molecule has 7 heteroatoms. The van der Waals surface area contributed by atoms with E-state index in [1.165, 1.54) is 12.1 Å². The minimum Gasteiger partial charge on any atom is -0.492 e. The highest BCUT2D eigenvalue weighted by Crippen LogP contribution is 2.36. The lowest BCUT2D eigenvalue weighted by molar-refractivity contribution is -0.120. The molecule has 162 valence electrons. The second kappa shape index (κ2) is 8.85. The zero-order valence-electron chi connectivity index (χ0n) is 17.5. The van der Waals surface area contributed by atoms with Crippen molar-refractivity contribution in [2.45, 2.75) is 13.8 Å². The van der Waals surface area contributed by atoms with Crippen LogP contribution in [0.4, 0.5) is 15.8 Å². The quantitative estimate of drug-likeness (QED) is 0.498. The molecule has 0 spiro atoms. The minimum atomic E-state index is -0.634. The minimum absolute atomic E-state index is 0.103. The standard InChI is InChI=1S/C25H20ClFN2O3/c1-3-32-21-7-5-4-6-20(21)28-23-22(16-10-8-15(2)9-11-16)24(30)29(25(23)31)17-12-13-19(27)18(26)14-17/h4-14,28H,3H2,1-2H3. The fourth-order valence-electron chi connectivity index (χ4n) is 3.48. The Morgan fingerprint density at radius 3 is 2.41 bits per heavy atom. The van der Waals surface area contributed by atoms with Gasteiger partial charge in [0.15, 0.2) is 0 Å². The summed E-state index contributed by atoms with van der Waals surface area (Å²) < 4.78 is 19.3. The number of imide groups is 1. The van der Waals surface area contributed by atoms with Crippen LogP contribution in [0.3, 0.4) is 0 Å². The third kappa shape index (κ3) is 3.97. The number of carbonyl (C=O) groups is 2. The topological polar surface area (TPSA) is 58.6 Å². The van der Waals surface area contributed by atoms with Gasteiger partial charge in [-0.15, -0.1) is 0 Å². The van der Waals surface area contributed by atoms with Crippen LogP contribution in [0, 0.1) is 12.7 Å². The second-order valence-corrected chi connectivity index (χ2v) is 7.62. The van der Waals surface area contributed by atoms with Gasteiger partial charge in [-0.3, -0.25) is 9.59 Å². The molecule has 2 amide bonds. The van der Waals surface area contributed by atoms with Gasteiger partial charge in [0, 0.05) is 0 Å². The highest BCUT2D eigenvalue weighted by atomic mass is 35.5. The molecule has 32 heavy (non-hydrogen) atoms. The predicted molar refractivity (Wildman–Crippen MR) is 123 cm³/mol. The lowest BCUT2D eigenvalue weighted by atomic mass is 10.0. The molecule has 1 N–H and O–H groups in total. The van der Waals surface area contributed by atoms with E-state index >= 15 is 0 Å². The van der Waals surface area contributed by atoms with Crippen LogP contribution >= 0.6 is 11.6 Å². The van der Waals surface area contributed by atoms with Crippen LogP contribution in [0.5, 0.6) is 5.75 Å². The maximum absolute atomic E-state index is 13.7. The van der Waals surface area contributed by atoms with Crippen LogP contribution < -0.4 is 15.0 Å². The Balaban J connectivity index is 1.83. The Kier molecular flexibility index (Phi) is 5.97. The zero-order chi connectivity index (χ0) is 22.8. The van der Waals surface area contributed by atoms with E-state index in [4.69, 9.17) is 16.3 Å². The van der Waals surface area contributed by atoms with Crippen molar-refractivity contribution < 1.29 is 18.7 Å². The molecule has 1 heterocycles. The fraction of sp³-hybridized carbons (Fsp3) is 0.120. The summed E-state index contributed by atoms with van der Waals surface area (Å²) in [6.07, 6.45) is 0. The highest BCUT2D eigenvalue weighted by Gasteiger charge is 2.40. The van der Waals surface area contributed by atoms with Crippen molar-refractivity contribution in [2.75, 3.05) is 16.8 Å². The molecular weight excluding hydrogens is 431 g/mol. The van der Waals surface area contributed by atoms with Crippen LogP contribution in [0.15, 0.2) is 72.4 Å². The van der Waals surface area contributed by atoms with E-state index in [-0.39, 0.29) is 22.0 Å². The molecule has 1 aliphatic rings. The van der Waals surface area contributed by atoms with Gasteiger partial charge in [0.1, 0.15) is 17.3 Å². The number of ether oxygens (including phenoxy) is 1. The van der Waals surface area contributed by atoms with E-state index in [1.54, 1.807) is 30.3 Å². The van der Waals surface area contributed by atoms with E-state index in [9.17, 15) is 14.0 Å². The number of halogens is 2. The summed E-state index contributed by atoms with van der Waals surface area (Å²) in [5.74, 6) is -1.18. The number of carbonyl (C=O) groups excluding carboxylic acids is 2. The van der Waals surface area contributed by atoms with Gasteiger partial charge in [-0.25, -0.2) is 9.29 Å². The molecule has 0 aromatic heterocycles. The van der Waals surface area contributed by atoms with Crippen molar-refractivity contribution in [1.82, 2.24) is 0 Å². The highest BCUT2D eigenvalue weighted by molar-refractivity contribution is 6.46. The average molecular weight is 451 g/mol. The third-order valence-electron chi connectivity index (χ3n) is 5.03. The van der Waals surface area contributed by atoms with Crippen LogP contribution in [0.25, 0.3) is 5.57 Å². The van der Waals surface area contributed by atoms with Crippen LogP contribution in [-0.2, 0) is 9.59 Å². The Hall–Kier alpha value is -3.64. The number of benzene rings is 3. The molecule has 0 saturated carbocycles. The Labute approximate surface area is 190 Å². The van der Waals surface area contributed by atoms with Crippen LogP contribution in [-0.4, -0.2) is 18.4 Å². The first-order chi connectivity index (χ1) is 15.4. The van der Waals surface area contributed by atoms with E-state index in [1.807, 2.05) is 32.0 Å². The molecule has 3 aromatic carbocycles. The smallest absolute Gasteiger partial charge is 0.282 e. The number of anilines is 2. The predicted octanol–water partition coefficient (Wildman–Crippen LogP) is 5.58. The third-order valence-corrected chi connectivity index (χ3v) is 5.32. The number of amides is 2. The number of aryl methyl sites for hydroxylation is 1. The van der Waals surface area contributed by atoms with Crippen molar-refractivity contribution in [1.29, 1.82) is 0 Å². The van der Waals surface area contributed by atoms with Gasteiger partial charge in [-0.05, 0) is 49.7 Å². The van der Waals surface area contributed by atoms with Gasteiger partial charge in [0.05, 0.1) is 28.6 Å². The first-order valence-electron chi connectivity index (χ1n) is 10.0. The van der Waals surface area contributed by atoms with Crippen molar-refractivity contribution in [3.8, 4) is 5.75 Å². The molecule has 0 radical (unpaired) electrons. The van der Waals surface area contributed by atoms with Crippen LogP contribution in [0.2, 0.25) is 5.02 Å². The number of rotatable bonds is 6. The van der Waals surface area contributed by atoms with Crippen LogP contribution in [0.1, 0.15) is 18.1 Å². The van der Waals surface area contributed by atoms with Crippen molar-refractivity contribution >= 4 is 40.4 Å². The van der Waals surface area contributed by atoms with E-state index in [0.29, 0.717) is 23.6 Å². The van der Waals surface area contributed by atoms with Crippen molar-refractivity contribution in [3.05, 3.63) is 94.4 Å². The summed E-state index contributed by atoms with van der Waals surface area (Å²) in [7, 11) is 0. The van der Waals surface area contributed by atoms with E-state index in [0.717, 1.165) is 16.5 Å². The lowest BCUT2D eigenvalue weighted by Gasteiger charge is -2.16. The monoisotopic (exact) mass is 450 g/mol. The van der Waals surface area contributed by atoms with Gasteiger partial charge in [-0.2, -0.15) is 0 Å². The Bertz CT molecular complexity index is 1240. The SMILES string of the molecule is CCOc1ccccc1NC1=C(c2ccc(C)cc2)C(=O)N(c2ccc(F)c(Cl)c2)C1=O. The molecule has 0 atom stereocenters. The molecule has 4 rings (SSSR count). The van der Waals surface area contributed by atoms with Crippen molar-refractivity contribution in [2.24, 2.45) is 0 Å². The molecule has 0 saturated heterocycles. The maximum atomic E-state index is 13.7. The summed E-state index contributed by atoms with van der Waals surface area (Å²) in [6.45, 7) is 4.23. The average Bonchev–Trinajstić information content (AvgIpc) is 3.02.